The van der Waals surface area contributed by atoms with Gasteiger partial charge in [-0.15, -0.1) is 11.6 Å². The van der Waals surface area contributed by atoms with Crippen LogP contribution in [0.3, 0.4) is 0 Å². The SMILES string of the molecule is CC(C)C[C@H](CC(=O)[C@@H]1CCCN1C(=O)CCCN1C(=O)C=CC1=O)C(=O)N[C@@H](CC(C)C)C(=O)Cc1ccc(C(=O)Cc2ccc3[nH]c(C(=O)N4C[C@@H](CCl)c5c4cc(OC(=O)N4CCN(C)CC4)c4ccccc54)cc3c2)cc1. The number of rotatable bonds is 22. The summed E-state index contributed by atoms with van der Waals surface area (Å²) in [6.45, 7) is 11.3. The number of likely N-dealkylation sites (N-methyl/N-ethyl adjacent to an activating group) is 1. The summed E-state index contributed by atoms with van der Waals surface area (Å²) in [4.78, 5) is 132. The number of piperazine rings is 1. The second-order valence-electron chi connectivity index (χ2n) is 23.0. The van der Waals surface area contributed by atoms with E-state index < -0.39 is 35.9 Å². The Morgan fingerprint density at radius 1 is 0.790 bits per heavy atom. The summed E-state index contributed by atoms with van der Waals surface area (Å²) in [5.74, 6) is -2.35. The van der Waals surface area contributed by atoms with Gasteiger partial charge >= 0.3 is 6.09 Å². The summed E-state index contributed by atoms with van der Waals surface area (Å²) >= 11 is 6.58. The number of likely N-dealkylation sites (tertiary alicyclic amines) is 1. The minimum absolute atomic E-state index is 0.0124. The zero-order valence-corrected chi connectivity index (χ0v) is 47.6. The summed E-state index contributed by atoms with van der Waals surface area (Å²) in [5.41, 5.74) is 4.51. The van der Waals surface area contributed by atoms with Crippen LogP contribution in [0.1, 0.15) is 116 Å². The van der Waals surface area contributed by atoms with Gasteiger partial charge in [0.15, 0.2) is 17.3 Å². The molecule has 17 nitrogen and oxygen atoms in total. The van der Waals surface area contributed by atoms with Crippen molar-refractivity contribution >= 4 is 91.9 Å². The van der Waals surface area contributed by atoms with Gasteiger partial charge in [-0.05, 0) is 91.3 Å². The van der Waals surface area contributed by atoms with Crippen molar-refractivity contribution in [3.05, 3.63) is 119 Å². The molecule has 0 bridgehead atoms. The van der Waals surface area contributed by atoms with Gasteiger partial charge in [0.1, 0.15) is 11.4 Å². The molecule has 2 N–H and O–H groups in total. The minimum atomic E-state index is -0.817. The highest BCUT2D eigenvalue weighted by Crippen LogP contribution is 2.46. The smallest absolute Gasteiger partial charge is 0.409 e. The highest BCUT2D eigenvalue weighted by atomic mass is 35.5. The molecule has 4 aliphatic heterocycles. The molecule has 0 saturated carbocycles. The van der Waals surface area contributed by atoms with Gasteiger partial charge in [-0.2, -0.15) is 0 Å². The predicted molar refractivity (Wildman–Crippen MR) is 309 cm³/mol. The van der Waals surface area contributed by atoms with E-state index in [9.17, 15) is 43.2 Å². The Labute approximate surface area is 477 Å². The topological polar surface area (TPSA) is 207 Å². The van der Waals surface area contributed by atoms with Gasteiger partial charge in [0.2, 0.25) is 11.8 Å². The van der Waals surface area contributed by atoms with Crippen molar-refractivity contribution in [2.24, 2.45) is 17.8 Å². The summed E-state index contributed by atoms with van der Waals surface area (Å²) in [6.07, 6.45) is 4.24. The fraction of sp³-hybridized carbons (Fsp3) is 0.444. The van der Waals surface area contributed by atoms with Crippen molar-refractivity contribution in [3.63, 3.8) is 0 Å². The number of amides is 6. The minimum Gasteiger partial charge on any atom is -0.409 e. The Morgan fingerprint density at radius 3 is 2.17 bits per heavy atom. The standard InChI is InChI=1S/C63H72ClN7O10/c1-38(2)28-44(34-55(74)51-12-8-22-69(51)57(75)13-9-23-70-58(76)20-21-59(70)77)61(78)66-49(29-39(3)4)54(73)31-40-14-17-42(18-15-40)53(72)32-41-16-19-48-43(30-41)33-50(65-48)62(79)71-37-45(36-64)60-47-11-7-6-10-46(47)56(35-52(60)71)81-63(80)68-26-24-67(5)25-27-68/h6-7,10-11,14-21,30,33,35,38-39,44-45,49,51,65H,8-9,12-13,22-29,31-32,34,36-37H2,1-5H3,(H,66,78)/t44-,45-,49+,51+/m1/s1. The lowest BCUT2D eigenvalue weighted by atomic mass is 9.88. The largest absolute Gasteiger partial charge is 0.415 e. The number of halogens is 1. The summed E-state index contributed by atoms with van der Waals surface area (Å²) < 4.78 is 6.08. The van der Waals surface area contributed by atoms with Crippen LogP contribution in [0.15, 0.2) is 91.0 Å². The zero-order valence-electron chi connectivity index (χ0n) is 46.8. The molecule has 81 heavy (non-hydrogen) atoms. The van der Waals surface area contributed by atoms with Gasteiger partial charge in [-0.1, -0.05) is 82.3 Å². The van der Waals surface area contributed by atoms with Crippen molar-refractivity contribution in [2.75, 3.05) is 63.6 Å². The number of carbonyl (C=O) groups excluding carboxylic acids is 9. The number of imide groups is 1. The van der Waals surface area contributed by atoms with E-state index in [1.54, 1.807) is 51.1 Å². The third-order valence-electron chi connectivity index (χ3n) is 16.1. The van der Waals surface area contributed by atoms with Gasteiger partial charge in [-0.25, -0.2) is 4.79 Å². The predicted octanol–water partition coefficient (Wildman–Crippen LogP) is 8.44. The van der Waals surface area contributed by atoms with E-state index in [4.69, 9.17) is 16.3 Å². The molecule has 1 aromatic heterocycles. The van der Waals surface area contributed by atoms with Crippen LogP contribution >= 0.6 is 11.6 Å². The monoisotopic (exact) mass is 1120 g/mol. The number of fused-ring (bicyclic) bond motifs is 4. The molecule has 5 heterocycles. The summed E-state index contributed by atoms with van der Waals surface area (Å²) in [6, 6.07) is 22.3. The number of Topliss-reactive ketones (excluding diaryl/α,β-unsaturated/α-hetero) is 3. The molecule has 0 unspecified atom stereocenters. The number of hydrogen-bond acceptors (Lipinski definition) is 11. The molecule has 0 spiro atoms. The molecule has 5 aromatic rings. The van der Waals surface area contributed by atoms with Gasteiger partial charge in [-0.3, -0.25) is 43.3 Å². The number of hydrogen-bond donors (Lipinski definition) is 2. The number of H-pyrrole nitrogens is 1. The van der Waals surface area contributed by atoms with Crippen LogP contribution in [-0.4, -0.2) is 148 Å². The van der Waals surface area contributed by atoms with Crippen molar-refractivity contribution in [3.8, 4) is 5.75 Å². The number of aromatic nitrogens is 1. The lowest BCUT2D eigenvalue weighted by molar-refractivity contribution is -0.140. The average molecular weight is 1120 g/mol. The molecule has 426 valence electrons. The van der Waals surface area contributed by atoms with Crippen molar-refractivity contribution < 1.29 is 47.9 Å². The van der Waals surface area contributed by atoms with Gasteiger partial charge in [0, 0.05) is 129 Å². The number of nitrogens with one attached hydrogen (secondary N) is 2. The van der Waals surface area contributed by atoms with Gasteiger partial charge in [0.25, 0.3) is 17.7 Å². The Morgan fingerprint density at radius 2 is 1.48 bits per heavy atom. The van der Waals surface area contributed by atoms with E-state index in [-0.39, 0.29) is 97.4 Å². The number of ether oxygens (including phenoxy) is 1. The van der Waals surface area contributed by atoms with E-state index in [0.29, 0.717) is 80.1 Å². The average Bonchev–Trinajstić information content (AvgIpc) is 3.64. The lowest BCUT2D eigenvalue weighted by Gasteiger charge is -2.31. The van der Waals surface area contributed by atoms with E-state index in [0.717, 1.165) is 50.8 Å². The Balaban J connectivity index is 0.813. The van der Waals surface area contributed by atoms with Crippen LogP contribution < -0.4 is 15.0 Å². The van der Waals surface area contributed by atoms with Crippen molar-refractivity contribution in [1.29, 1.82) is 0 Å². The van der Waals surface area contributed by atoms with Crippen molar-refractivity contribution in [1.82, 2.24) is 29.9 Å². The Kier molecular flexibility index (Phi) is 18.3. The lowest BCUT2D eigenvalue weighted by Crippen LogP contribution is -2.48. The van der Waals surface area contributed by atoms with Gasteiger partial charge < -0.3 is 34.6 Å². The number of nitrogens with zero attached hydrogens (tertiary/aromatic N) is 5. The van der Waals surface area contributed by atoms with Crippen LogP contribution in [0.4, 0.5) is 10.5 Å². The molecule has 18 heteroatoms. The Hall–Kier alpha value is -7.50. The van der Waals surface area contributed by atoms with E-state index in [1.165, 1.54) is 12.2 Å². The number of ketones is 3. The molecular weight excluding hydrogens is 1050 g/mol. The molecule has 6 amide bonds. The maximum atomic E-state index is 14.5. The number of aromatic amines is 1. The van der Waals surface area contributed by atoms with Crippen LogP contribution in [0.25, 0.3) is 21.7 Å². The highest BCUT2D eigenvalue weighted by Gasteiger charge is 2.39. The van der Waals surface area contributed by atoms with E-state index in [1.807, 2.05) is 77.2 Å². The molecule has 4 atom stereocenters. The first-order valence-corrected chi connectivity index (χ1v) is 28.9. The van der Waals surface area contributed by atoms with Crippen LogP contribution in [-0.2, 0) is 41.6 Å². The molecule has 4 aliphatic rings. The second-order valence-corrected chi connectivity index (χ2v) is 23.3. The molecule has 2 saturated heterocycles. The fourth-order valence-electron chi connectivity index (χ4n) is 11.8. The Bertz CT molecular complexity index is 3270. The number of alkyl halides is 1. The number of anilines is 1. The number of benzene rings is 4. The van der Waals surface area contributed by atoms with Crippen molar-refractivity contribution in [2.45, 2.75) is 103 Å². The highest BCUT2D eigenvalue weighted by molar-refractivity contribution is 6.19. The summed E-state index contributed by atoms with van der Waals surface area (Å²) in [7, 11) is 2.02. The molecule has 4 aromatic carbocycles. The quantitative estimate of drug-likeness (QED) is 0.0382. The van der Waals surface area contributed by atoms with Crippen LogP contribution in [0, 0.1) is 17.8 Å². The zero-order chi connectivity index (χ0) is 57.6. The van der Waals surface area contributed by atoms with Gasteiger partial charge in [0.05, 0.1) is 17.8 Å². The fourth-order valence-corrected chi connectivity index (χ4v) is 12.0. The molecule has 0 radical (unpaired) electrons. The van der Waals surface area contributed by atoms with E-state index >= 15 is 0 Å². The van der Waals surface area contributed by atoms with Crippen LogP contribution in [0.2, 0.25) is 0 Å². The molecule has 2 fully saturated rings. The number of carbonyl (C=O) groups is 9. The first kappa shape index (κ1) is 58.2. The third-order valence-corrected chi connectivity index (χ3v) is 16.4. The van der Waals surface area contributed by atoms with Crippen LogP contribution in [0.5, 0.6) is 5.75 Å². The summed E-state index contributed by atoms with van der Waals surface area (Å²) in [5, 5.41) is 5.39. The van der Waals surface area contributed by atoms with E-state index in [2.05, 4.69) is 15.2 Å². The maximum absolute atomic E-state index is 14.5. The second kappa shape index (κ2) is 25.5. The molecule has 0 aliphatic carbocycles. The first-order chi connectivity index (χ1) is 38.8. The maximum Gasteiger partial charge on any atom is 0.415 e. The normalized spacial score (nSPS) is 18.1. The molecule has 9 rings (SSSR count). The third kappa shape index (κ3) is 13.5. The first-order valence-electron chi connectivity index (χ1n) is 28.4. The molecular formula is C63H72ClN7O10.